The highest BCUT2D eigenvalue weighted by molar-refractivity contribution is 5.98. The van der Waals surface area contributed by atoms with E-state index in [4.69, 9.17) is 15.2 Å². The van der Waals surface area contributed by atoms with Gasteiger partial charge in [-0.1, -0.05) is 0 Å². The minimum absolute atomic E-state index is 0. The zero-order chi connectivity index (χ0) is 15.0. The quantitative estimate of drug-likeness (QED) is 0.797. The molecule has 1 fully saturated rings. The number of nitrogens with one attached hydrogen (secondary N) is 1. The molecule has 0 spiro atoms. The number of hydrogen-bond donors (Lipinski definition) is 2. The lowest BCUT2D eigenvalue weighted by molar-refractivity contribution is -0.137. The van der Waals surface area contributed by atoms with Crippen LogP contribution in [0.15, 0.2) is 12.1 Å². The molecule has 0 saturated carbocycles. The molecule has 7 nitrogen and oxygen atoms in total. The standard InChI is InChI=1S/C14H17N3O4.ClH/c1-17-3-2-8(4-13(17)18)14(19)16-10-6-12-11(5-9(10)15)20-7-21-12;/h5-6,8H,2-4,7,15H2,1H3,(H,16,19);1H. The summed E-state index contributed by atoms with van der Waals surface area (Å²) in [4.78, 5) is 25.6. The maximum absolute atomic E-state index is 12.3. The molecule has 1 aromatic rings. The van der Waals surface area contributed by atoms with Gasteiger partial charge in [0.15, 0.2) is 11.5 Å². The van der Waals surface area contributed by atoms with E-state index in [0.717, 1.165) is 0 Å². The van der Waals surface area contributed by atoms with Crippen LogP contribution in [0.3, 0.4) is 0 Å². The summed E-state index contributed by atoms with van der Waals surface area (Å²) in [5, 5.41) is 2.77. The molecule has 0 aromatic heterocycles. The van der Waals surface area contributed by atoms with E-state index in [9.17, 15) is 9.59 Å². The van der Waals surface area contributed by atoms with Crippen LogP contribution in [-0.4, -0.2) is 37.1 Å². The van der Waals surface area contributed by atoms with Crippen molar-refractivity contribution in [1.29, 1.82) is 0 Å². The van der Waals surface area contributed by atoms with E-state index < -0.39 is 0 Å². The van der Waals surface area contributed by atoms with Gasteiger partial charge in [0.25, 0.3) is 0 Å². The van der Waals surface area contributed by atoms with Gasteiger partial charge < -0.3 is 25.4 Å². The van der Waals surface area contributed by atoms with Crippen molar-refractivity contribution in [2.45, 2.75) is 12.8 Å². The largest absolute Gasteiger partial charge is 0.454 e. The molecule has 0 aliphatic carbocycles. The summed E-state index contributed by atoms with van der Waals surface area (Å²) in [5.74, 6) is 0.597. The highest BCUT2D eigenvalue weighted by atomic mass is 35.5. The number of likely N-dealkylation sites (tertiary alicyclic amines) is 1. The van der Waals surface area contributed by atoms with Crippen LogP contribution in [-0.2, 0) is 9.59 Å². The Bertz CT molecular complexity index is 608. The first kappa shape index (κ1) is 16.2. The van der Waals surface area contributed by atoms with Crippen LogP contribution in [0.4, 0.5) is 11.4 Å². The number of nitrogens with two attached hydrogens (primary N) is 1. The molecule has 3 N–H and O–H groups in total. The van der Waals surface area contributed by atoms with Gasteiger partial charge in [-0.25, -0.2) is 0 Å². The first-order chi connectivity index (χ1) is 10.0. The summed E-state index contributed by atoms with van der Waals surface area (Å²) in [6, 6.07) is 3.27. The van der Waals surface area contributed by atoms with Gasteiger partial charge >= 0.3 is 0 Å². The van der Waals surface area contributed by atoms with Crippen LogP contribution in [0.5, 0.6) is 11.5 Å². The van der Waals surface area contributed by atoms with Crippen molar-refractivity contribution >= 4 is 35.6 Å². The highest BCUT2D eigenvalue weighted by Crippen LogP contribution is 2.38. The normalized spacial score (nSPS) is 19.6. The van der Waals surface area contributed by atoms with Crippen LogP contribution >= 0.6 is 12.4 Å². The number of carbonyl (C=O) groups excluding carboxylic acids is 2. The number of hydrogen-bond acceptors (Lipinski definition) is 5. The summed E-state index contributed by atoms with van der Waals surface area (Å²) in [6.07, 6.45) is 0.880. The van der Waals surface area contributed by atoms with Crippen molar-refractivity contribution in [3.8, 4) is 11.5 Å². The van der Waals surface area contributed by atoms with E-state index in [-0.39, 0.29) is 43.4 Å². The second-order valence-corrected chi connectivity index (χ2v) is 5.29. The summed E-state index contributed by atoms with van der Waals surface area (Å²) in [5.41, 5.74) is 6.79. The third kappa shape index (κ3) is 3.04. The molecule has 1 aromatic carbocycles. The van der Waals surface area contributed by atoms with E-state index in [0.29, 0.717) is 35.8 Å². The zero-order valence-electron chi connectivity index (χ0n) is 12.1. The third-order valence-corrected chi connectivity index (χ3v) is 3.83. The van der Waals surface area contributed by atoms with Gasteiger partial charge in [-0.3, -0.25) is 9.59 Å². The number of nitrogens with zero attached hydrogens (tertiary/aromatic N) is 1. The fourth-order valence-electron chi connectivity index (χ4n) is 2.47. The Balaban J connectivity index is 0.00000176. The summed E-state index contributed by atoms with van der Waals surface area (Å²) in [6.45, 7) is 0.739. The summed E-state index contributed by atoms with van der Waals surface area (Å²) in [7, 11) is 1.74. The molecule has 1 atom stereocenters. The molecule has 8 heteroatoms. The van der Waals surface area contributed by atoms with Gasteiger partial charge in [0.1, 0.15) is 0 Å². The predicted octanol–water partition coefficient (Wildman–Crippen LogP) is 1.23. The molecule has 1 unspecified atom stereocenters. The maximum Gasteiger partial charge on any atom is 0.231 e. The van der Waals surface area contributed by atoms with Gasteiger partial charge in [-0.2, -0.15) is 0 Å². The lowest BCUT2D eigenvalue weighted by Crippen LogP contribution is -2.39. The number of rotatable bonds is 2. The Kier molecular flexibility index (Phi) is 4.65. The monoisotopic (exact) mass is 327 g/mol. The number of anilines is 2. The smallest absolute Gasteiger partial charge is 0.231 e. The minimum atomic E-state index is -0.321. The van der Waals surface area contributed by atoms with Crippen molar-refractivity contribution in [1.82, 2.24) is 4.90 Å². The van der Waals surface area contributed by atoms with Crippen molar-refractivity contribution in [2.24, 2.45) is 5.92 Å². The van der Waals surface area contributed by atoms with Crippen LogP contribution < -0.4 is 20.5 Å². The fourth-order valence-corrected chi connectivity index (χ4v) is 2.47. The number of benzene rings is 1. The number of nitrogen functional groups attached to an aromatic ring is 1. The molecule has 22 heavy (non-hydrogen) atoms. The molecule has 0 bridgehead atoms. The van der Waals surface area contributed by atoms with E-state index >= 15 is 0 Å². The second-order valence-electron chi connectivity index (χ2n) is 5.29. The molecule has 1 saturated heterocycles. The zero-order valence-corrected chi connectivity index (χ0v) is 12.9. The first-order valence-electron chi connectivity index (χ1n) is 6.78. The lowest BCUT2D eigenvalue weighted by Gasteiger charge is -2.28. The summed E-state index contributed by atoms with van der Waals surface area (Å²) >= 11 is 0. The van der Waals surface area contributed by atoms with Crippen LogP contribution in [0.25, 0.3) is 0 Å². The van der Waals surface area contributed by atoms with E-state index in [2.05, 4.69) is 5.32 Å². The number of piperidine rings is 1. The molecule has 2 heterocycles. The topological polar surface area (TPSA) is 93.9 Å². The lowest BCUT2D eigenvalue weighted by atomic mass is 9.95. The van der Waals surface area contributed by atoms with Gasteiger partial charge in [-0.05, 0) is 6.42 Å². The number of ether oxygens (including phenoxy) is 2. The van der Waals surface area contributed by atoms with E-state index in [1.807, 2.05) is 0 Å². The number of halogens is 1. The average Bonchev–Trinajstić information content (AvgIpc) is 2.89. The van der Waals surface area contributed by atoms with Crippen molar-refractivity contribution < 1.29 is 19.1 Å². The number of amides is 2. The van der Waals surface area contributed by atoms with E-state index in [1.165, 1.54) is 0 Å². The van der Waals surface area contributed by atoms with Crippen LogP contribution in [0.2, 0.25) is 0 Å². The Morgan fingerprint density at radius 1 is 1.36 bits per heavy atom. The molecule has 2 aliphatic heterocycles. The van der Waals surface area contributed by atoms with Gasteiger partial charge in [0.05, 0.1) is 11.4 Å². The molecular formula is C14H18ClN3O4. The third-order valence-electron chi connectivity index (χ3n) is 3.83. The molecule has 3 rings (SSSR count). The predicted molar refractivity (Wildman–Crippen MR) is 83.2 cm³/mol. The molecule has 120 valence electrons. The van der Waals surface area contributed by atoms with Gasteiger partial charge in [0.2, 0.25) is 18.6 Å². The average molecular weight is 328 g/mol. The maximum atomic E-state index is 12.3. The fraction of sp³-hybridized carbons (Fsp3) is 0.429. The number of fused-ring (bicyclic) bond motifs is 1. The van der Waals surface area contributed by atoms with Crippen molar-refractivity contribution in [3.63, 3.8) is 0 Å². The Labute approximate surface area is 134 Å². The van der Waals surface area contributed by atoms with E-state index in [1.54, 1.807) is 24.1 Å². The minimum Gasteiger partial charge on any atom is -0.454 e. The molecule has 0 radical (unpaired) electrons. The molecular weight excluding hydrogens is 310 g/mol. The number of carbonyl (C=O) groups is 2. The van der Waals surface area contributed by atoms with Crippen molar-refractivity contribution in [3.05, 3.63) is 12.1 Å². The van der Waals surface area contributed by atoms with Crippen LogP contribution in [0.1, 0.15) is 12.8 Å². The van der Waals surface area contributed by atoms with Crippen LogP contribution in [0, 0.1) is 5.92 Å². The second kappa shape index (κ2) is 6.31. The molecule has 2 aliphatic rings. The SMILES string of the molecule is CN1CCC(C(=O)Nc2cc3c(cc2N)OCO3)CC1=O.Cl. The first-order valence-corrected chi connectivity index (χ1v) is 6.78. The Hall–Kier alpha value is -2.15. The summed E-state index contributed by atoms with van der Waals surface area (Å²) < 4.78 is 10.5. The highest BCUT2D eigenvalue weighted by Gasteiger charge is 2.29. The van der Waals surface area contributed by atoms with Gasteiger partial charge in [-0.15, -0.1) is 12.4 Å². The molecule has 2 amide bonds. The Morgan fingerprint density at radius 2 is 2.05 bits per heavy atom. The van der Waals surface area contributed by atoms with Crippen molar-refractivity contribution in [2.75, 3.05) is 31.4 Å². The Morgan fingerprint density at radius 3 is 2.73 bits per heavy atom. The van der Waals surface area contributed by atoms with Gasteiger partial charge in [0, 0.05) is 38.1 Å².